The highest BCUT2D eigenvalue weighted by molar-refractivity contribution is 7.71. The number of rotatable bonds is 4. The zero-order valence-electron chi connectivity index (χ0n) is 8.92. The highest BCUT2D eigenvalue weighted by Crippen LogP contribution is 2.11. The second-order valence-electron chi connectivity index (χ2n) is 3.58. The van der Waals surface area contributed by atoms with Crippen LogP contribution in [0, 0.1) is 11.7 Å². The number of nitrogens with zero attached hydrogens (tertiary/aromatic N) is 1. The van der Waals surface area contributed by atoms with Crippen LogP contribution in [-0.4, -0.2) is 16.0 Å². The molecule has 0 aromatic carbocycles. The van der Waals surface area contributed by atoms with Gasteiger partial charge < -0.3 is 10.3 Å². The minimum Gasteiger partial charge on any atom is -0.369 e. The third kappa shape index (κ3) is 3.10. The van der Waals surface area contributed by atoms with Gasteiger partial charge in [-0.05, 0) is 32.5 Å². The maximum absolute atomic E-state index is 4.97. The lowest BCUT2D eigenvalue weighted by Crippen LogP contribution is -2.16. The monoisotopic (exact) mass is 211 g/mol. The molecule has 1 aromatic rings. The van der Waals surface area contributed by atoms with E-state index in [0.717, 1.165) is 17.8 Å². The van der Waals surface area contributed by atoms with Gasteiger partial charge in [0, 0.05) is 17.8 Å². The highest BCUT2D eigenvalue weighted by atomic mass is 32.1. The van der Waals surface area contributed by atoms with Gasteiger partial charge >= 0.3 is 0 Å². The van der Waals surface area contributed by atoms with Gasteiger partial charge in [0.05, 0.1) is 0 Å². The summed E-state index contributed by atoms with van der Waals surface area (Å²) in [5.41, 5.74) is 1.10. The van der Waals surface area contributed by atoms with Crippen molar-refractivity contribution in [2.24, 2.45) is 0 Å². The fourth-order valence-corrected chi connectivity index (χ4v) is 1.51. The number of hydrogen-bond donors (Lipinski definition) is 2. The number of aryl methyl sites for hydroxylation is 1. The van der Waals surface area contributed by atoms with Crippen LogP contribution in [0.25, 0.3) is 0 Å². The van der Waals surface area contributed by atoms with Gasteiger partial charge in [-0.1, -0.05) is 13.3 Å². The van der Waals surface area contributed by atoms with Crippen LogP contribution in [0.5, 0.6) is 0 Å². The topological polar surface area (TPSA) is 40.7 Å². The molecule has 0 amide bonds. The van der Waals surface area contributed by atoms with Crippen LogP contribution in [0.15, 0.2) is 6.20 Å². The van der Waals surface area contributed by atoms with Crippen LogP contribution in [0.2, 0.25) is 0 Å². The van der Waals surface area contributed by atoms with Crippen LogP contribution >= 0.6 is 12.2 Å². The number of aromatic amines is 1. The fraction of sp³-hybridized carbons (Fsp3) is 0.600. The Morgan fingerprint density at radius 1 is 1.64 bits per heavy atom. The van der Waals surface area contributed by atoms with Crippen molar-refractivity contribution in [3.8, 4) is 0 Å². The van der Waals surface area contributed by atoms with Gasteiger partial charge in [-0.2, -0.15) is 0 Å². The predicted molar refractivity (Wildman–Crippen MR) is 62.2 cm³/mol. The number of anilines is 1. The standard InChI is InChI=1S/C10H17N3S/c1-4-5-8(3)12-9-7(2)6-11-10(14)13-9/h6,8H,4-5H2,1-3H3,(H2,11,12,13,14). The summed E-state index contributed by atoms with van der Waals surface area (Å²) in [5.74, 6) is 0.992. The first kappa shape index (κ1) is 11.2. The van der Waals surface area contributed by atoms with E-state index >= 15 is 0 Å². The molecule has 0 aliphatic rings. The largest absolute Gasteiger partial charge is 0.369 e. The average molecular weight is 211 g/mol. The summed E-state index contributed by atoms with van der Waals surface area (Å²) in [6.45, 7) is 6.36. The number of nitrogens with one attached hydrogen (secondary N) is 2. The van der Waals surface area contributed by atoms with E-state index in [0.29, 0.717) is 10.8 Å². The summed E-state index contributed by atoms with van der Waals surface area (Å²) in [4.78, 5) is 7.07. The van der Waals surface area contributed by atoms with Crippen LogP contribution in [0.3, 0.4) is 0 Å². The van der Waals surface area contributed by atoms with Crippen LogP contribution in [0.1, 0.15) is 32.3 Å². The second kappa shape index (κ2) is 5.10. The van der Waals surface area contributed by atoms with Crippen LogP contribution in [-0.2, 0) is 0 Å². The van der Waals surface area contributed by atoms with Crippen molar-refractivity contribution in [2.75, 3.05) is 5.32 Å². The van der Waals surface area contributed by atoms with Gasteiger partial charge in [0.15, 0.2) is 4.77 Å². The maximum Gasteiger partial charge on any atom is 0.198 e. The molecule has 1 unspecified atom stereocenters. The summed E-state index contributed by atoms with van der Waals surface area (Å²) < 4.78 is 0.529. The summed E-state index contributed by atoms with van der Waals surface area (Å²) in [7, 11) is 0. The summed E-state index contributed by atoms with van der Waals surface area (Å²) in [6, 6.07) is 0.465. The Morgan fingerprint density at radius 2 is 2.36 bits per heavy atom. The molecule has 4 heteroatoms. The predicted octanol–water partition coefficient (Wildman–Crippen LogP) is 3.05. The van der Waals surface area contributed by atoms with E-state index in [4.69, 9.17) is 12.2 Å². The first-order valence-electron chi connectivity index (χ1n) is 4.96. The van der Waals surface area contributed by atoms with Gasteiger partial charge in [0.1, 0.15) is 5.82 Å². The molecule has 0 saturated heterocycles. The minimum absolute atomic E-state index is 0.465. The second-order valence-corrected chi connectivity index (χ2v) is 3.97. The molecule has 78 valence electrons. The van der Waals surface area contributed by atoms with Gasteiger partial charge in [-0.15, -0.1) is 0 Å². The van der Waals surface area contributed by atoms with Crippen molar-refractivity contribution in [1.29, 1.82) is 0 Å². The van der Waals surface area contributed by atoms with Crippen molar-refractivity contribution >= 4 is 18.0 Å². The van der Waals surface area contributed by atoms with Crippen molar-refractivity contribution in [3.05, 3.63) is 16.5 Å². The maximum atomic E-state index is 4.97. The van der Waals surface area contributed by atoms with Gasteiger partial charge in [-0.25, -0.2) is 4.98 Å². The highest BCUT2D eigenvalue weighted by Gasteiger charge is 2.03. The summed E-state index contributed by atoms with van der Waals surface area (Å²) in [5, 5.41) is 3.39. The molecule has 1 rings (SSSR count). The Labute approximate surface area is 90.0 Å². The van der Waals surface area contributed by atoms with E-state index < -0.39 is 0 Å². The fourth-order valence-electron chi connectivity index (χ4n) is 1.36. The van der Waals surface area contributed by atoms with Gasteiger partial charge in [0.25, 0.3) is 0 Å². The Hall–Kier alpha value is -0.900. The van der Waals surface area contributed by atoms with E-state index in [1.165, 1.54) is 6.42 Å². The van der Waals surface area contributed by atoms with Gasteiger partial charge in [-0.3, -0.25) is 0 Å². The lowest BCUT2D eigenvalue weighted by Gasteiger charge is -2.15. The van der Waals surface area contributed by atoms with Crippen molar-refractivity contribution in [1.82, 2.24) is 9.97 Å². The van der Waals surface area contributed by atoms with Crippen molar-refractivity contribution < 1.29 is 0 Å². The van der Waals surface area contributed by atoms with E-state index in [1.807, 2.05) is 6.92 Å². The minimum atomic E-state index is 0.465. The molecule has 0 saturated carbocycles. The lowest BCUT2D eigenvalue weighted by atomic mass is 10.2. The molecule has 0 fully saturated rings. The van der Waals surface area contributed by atoms with Crippen molar-refractivity contribution in [2.45, 2.75) is 39.7 Å². The zero-order valence-corrected chi connectivity index (χ0v) is 9.74. The first-order valence-corrected chi connectivity index (χ1v) is 5.36. The summed E-state index contributed by atoms with van der Waals surface area (Å²) in [6.07, 6.45) is 4.13. The Bertz CT molecular complexity index is 345. The molecule has 3 nitrogen and oxygen atoms in total. The Balaban J connectivity index is 2.75. The molecule has 1 heterocycles. The lowest BCUT2D eigenvalue weighted by molar-refractivity contribution is 0.686. The molecule has 1 atom stereocenters. The molecule has 0 radical (unpaired) electrons. The molecule has 0 aliphatic heterocycles. The number of aromatic nitrogens is 2. The van der Waals surface area contributed by atoms with Crippen LogP contribution in [0.4, 0.5) is 5.82 Å². The third-order valence-corrected chi connectivity index (χ3v) is 2.32. The van der Waals surface area contributed by atoms with Crippen molar-refractivity contribution in [3.63, 3.8) is 0 Å². The third-order valence-electron chi connectivity index (χ3n) is 2.11. The number of H-pyrrole nitrogens is 1. The normalized spacial score (nSPS) is 12.5. The summed E-state index contributed by atoms with van der Waals surface area (Å²) >= 11 is 4.97. The van der Waals surface area contributed by atoms with Crippen LogP contribution < -0.4 is 5.32 Å². The Kier molecular flexibility index (Phi) is 4.07. The molecular formula is C10H17N3S. The van der Waals surface area contributed by atoms with E-state index in [-0.39, 0.29) is 0 Å². The quantitative estimate of drug-likeness (QED) is 0.752. The molecule has 0 spiro atoms. The van der Waals surface area contributed by atoms with E-state index in [1.54, 1.807) is 6.20 Å². The molecule has 14 heavy (non-hydrogen) atoms. The molecule has 2 N–H and O–H groups in total. The molecule has 0 aliphatic carbocycles. The first-order chi connectivity index (χ1) is 6.63. The number of hydrogen-bond acceptors (Lipinski definition) is 3. The Morgan fingerprint density at radius 3 is 3.00 bits per heavy atom. The molecular weight excluding hydrogens is 194 g/mol. The molecule has 0 bridgehead atoms. The molecule has 1 aromatic heterocycles. The van der Waals surface area contributed by atoms with E-state index in [2.05, 4.69) is 29.1 Å². The SMILES string of the molecule is CCCC(C)Nc1[nH]c(=S)ncc1C. The van der Waals surface area contributed by atoms with Gasteiger partial charge in [0.2, 0.25) is 0 Å². The zero-order chi connectivity index (χ0) is 10.6. The smallest absolute Gasteiger partial charge is 0.198 e. The average Bonchev–Trinajstić information content (AvgIpc) is 2.12. The van der Waals surface area contributed by atoms with E-state index in [9.17, 15) is 0 Å².